The highest BCUT2D eigenvalue weighted by Crippen LogP contribution is 2.30. The van der Waals surface area contributed by atoms with Crippen LogP contribution in [0.5, 0.6) is 0 Å². The molecule has 2 aromatic heterocycles. The van der Waals surface area contributed by atoms with E-state index in [-0.39, 0.29) is 5.91 Å². The van der Waals surface area contributed by atoms with Crippen molar-refractivity contribution >= 4 is 39.4 Å². The predicted octanol–water partition coefficient (Wildman–Crippen LogP) is 2.68. The second-order valence-electron chi connectivity index (χ2n) is 4.30. The van der Waals surface area contributed by atoms with Gasteiger partial charge in [-0.2, -0.15) is 0 Å². The quantitative estimate of drug-likeness (QED) is 0.829. The molecule has 0 aromatic carbocycles. The third kappa shape index (κ3) is 3.97. The van der Waals surface area contributed by atoms with Crippen LogP contribution < -0.4 is 5.32 Å². The minimum absolute atomic E-state index is 0.0929. The fourth-order valence-corrected chi connectivity index (χ4v) is 4.00. The van der Waals surface area contributed by atoms with Gasteiger partial charge in [0.2, 0.25) is 0 Å². The Hall–Kier alpha value is -1.05. The number of rotatable bonds is 6. The number of aromatic nitrogens is 1. The molecule has 0 saturated heterocycles. The first-order valence-electron chi connectivity index (χ1n) is 6.17. The van der Waals surface area contributed by atoms with Crippen molar-refractivity contribution in [3.63, 3.8) is 0 Å². The van der Waals surface area contributed by atoms with Crippen LogP contribution in [0, 0.1) is 6.92 Å². The summed E-state index contributed by atoms with van der Waals surface area (Å²) in [5, 5.41) is 5.74. The molecule has 0 spiro atoms. The molecule has 0 unspecified atom stereocenters. The van der Waals surface area contributed by atoms with Crippen LogP contribution in [0.3, 0.4) is 0 Å². The Morgan fingerprint density at radius 1 is 1.50 bits per heavy atom. The van der Waals surface area contributed by atoms with Crippen molar-refractivity contribution in [2.45, 2.75) is 13.3 Å². The molecule has 0 bridgehead atoms. The smallest absolute Gasteiger partial charge is 0.263 e. The topological polar surface area (TPSA) is 59.1 Å². The molecule has 2 aromatic rings. The average molecular weight is 328 g/mol. The molecule has 0 radical (unpaired) electrons. The van der Waals surface area contributed by atoms with E-state index in [1.54, 1.807) is 17.6 Å². The summed E-state index contributed by atoms with van der Waals surface area (Å²) in [7, 11) is -0.805. The first-order chi connectivity index (χ1) is 9.58. The normalized spacial score (nSPS) is 12.3. The molecule has 2 rings (SSSR count). The number of carbonyl (C=O) groups excluding carboxylic acids is 1. The number of aryl methyl sites for hydroxylation is 1. The molecule has 0 aliphatic heterocycles. The molecule has 108 valence electrons. The van der Waals surface area contributed by atoms with Gasteiger partial charge in [0.15, 0.2) is 0 Å². The maximum Gasteiger partial charge on any atom is 0.263 e. The van der Waals surface area contributed by atoms with Crippen LogP contribution in [-0.2, 0) is 10.8 Å². The Morgan fingerprint density at radius 3 is 2.95 bits per heavy atom. The van der Waals surface area contributed by atoms with Crippen molar-refractivity contribution < 1.29 is 9.00 Å². The molecule has 1 amide bonds. The molecule has 0 saturated carbocycles. The molecule has 0 aliphatic rings. The van der Waals surface area contributed by atoms with E-state index in [1.807, 2.05) is 24.4 Å². The fourth-order valence-electron chi connectivity index (χ4n) is 1.67. The molecule has 1 N–H and O–H groups in total. The third-order valence-corrected chi connectivity index (χ3v) is 5.69. The van der Waals surface area contributed by atoms with Crippen molar-refractivity contribution in [3.8, 4) is 9.88 Å². The minimum Gasteiger partial charge on any atom is -0.351 e. The third-order valence-electron chi connectivity index (χ3n) is 2.63. The van der Waals surface area contributed by atoms with Crippen LogP contribution in [0.2, 0.25) is 0 Å². The largest absolute Gasteiger partial charge is 0.351 e. The lowest BCUT2D eigenvalue weighted by atomic mass is 10.3. The zero-order chi connectivity index (χ0) is 14.5. The van der Waals surface area contributed by atoms with Gasteiger partial charge in [-0.15, -0.1) is 22.7 Å². The average Bonchev–Trinajstić information content (AvgIpc) is 3.02. The number of amides is 1. The lowest BCUT2D eigenvalue weighted by Gasteiger charge is -2.02. The molecule has 7 heteroatoms. The van der Waals surface area contributed by atoms with Crippen molar-refractivity contribution in [3.05, 3.63) is 28.1 Å². The number of thiazole rings is 1. The van der Waals surface area contributed by atoms with Crippen molar-refractivity contribution in [1.29, 1.82) is 0 Å². The summed E-state index contributed by atoms with van der Waals surface area (Å²) in [4.78, 5) is 18.3. The molecule has 1 atom stereocenters. The summed E-state index contributed by atoms with van der Waals surface area (Å²) in [6.07, 6.45) is 2.40. The molecule has 0 fully saturated rings. The highest BCUT2D eigenvalue weighted by molar-refractivity contribution is 7.84. The number of thiophene rings is 1. The fraction of sp³-hybridized carbons (Fsp3) is 0.385. The van der Waals surface area contributed by atoms with E-state index >= 15 is 0 Å². The van der Waals surface area contributed by atoms with Gasteiger partial charge in [0.1, 0.15) is 9.88 Å². The van der Waals surface area contributed by atoms with E-state index in [9.17, 15) is 9.00 Å². The van der Waals surface area contributed by atoms with Crippen LogP contribution in [0.15, 0.2) is 17.5 Å². The van der Waals surface area contributed by atoms with Crippen LogP contribution in [-0.4, -0.2) is 33.7 Å². The molecule has 4 nitrogen and oxygen atoms in total. The van der Waals surface area contributed by atoms with Crippen LogP contribution in [0.1, 0.15) is 21.8 Å². The van der Waals surface area contributed by atoms with Gasteiger partial charge in [-0.05, 0) is 24.8 Å². The monoisotopic (exact) mass is 328 g/mol. The Bertz CT molecular complexity index is 605. The summed E-state index contributed by atoms with van der Waals surface area (Å²) < 4.78 is 10.9. The van der Waals surface area contributed by atoms with Crippen molar-refractivity contribution in [2.75, 3.05) is 18.6 Å². The maximum absolute atomic E-state index is 12.1. The highest BCUT2D eigenvalue weighted by atomic mass is 32.2. The zero-order valence-electron chi connectivity index (χ0n) is 11.3. The molecular weight excluding hydrogens is 312 g/mol. The van der Waals surface area contributed by atoms with Gasteiger partial charge < -0.3 is 5.32 Å². The zero-order valence-corrected chi connectivity index (χ0v) is 13.8. The molecule has 20 heavy (non-hydrogen) atoms. The standard InChI is InChI=1S/C13H16N2O2S3/c1-9-11(12(16)14-6-4-8-20(2)17)19-13(15-9)10-5-3-7-18-10/h3,5,7H,4,6,8H2,1-2H3,(H,14,16)/t20-/m0/s1. The van der Waals surface area contributed by atoms with Crippen LogP contribution in [0.4, 0.5) is 0 Å². The summed E-state index contributed by atoms with van der Waals surface area (Å²) >= 11 is 3.03. The minimum atomic E-state index is -0.805. The second kappa shape index (κ2) is 7.10. The van der Waals surface area contributed by atoms with Crippen molar-refractivity contribution in [1.82, 2.24) is 10.3 Å². The van der Waals surface area contributed by atoms with Crippen LogP contribution >= 0.6 is 22.7 Å². The van der Waals surface area contributed by atoms with Gasteiger partial charge in [-0.3, -0.25) is 9.00 Å². The Balaban J connectivity index is 1.98. The predicted molar refractivity (Wildman–Crippen MR) is 86.0 cm³/mol. The van der Waals surface area contributed by atoms with Crippen LogP contribution in [0.25, 0.3) is 9.88 Å². The van der Waals surface area contributed by atoms with E-state index in [4.69, 9.17) is 0 Å². The first kappa shape index (κ1) is 15.3. The lowest BCUT2D eigenvalue weighted by Crippen LogP contribution is -2.25. The number of carbonyl (C=O) groups is 1. The molecular formula is C13H16N2O2S3. The SMILES string of the molecule is Cc1nc(-c2cccs2)sc1C(=O)NCCC[S@](C)=O. The van der Waals surface area contributed by atoms with E-state index in [1.165, 1.54) is 11.3 Å². The number of nitrogens with one attached hydrogen (secondary N) is 1. The van der Waals surface area contributed by atoms with E-state index in [0.29, 0.717) is 17.2 Å². The highest BCUT2D eigenvalue weighted by Gasteiger charge is 2.16. The first-order valence-corrected chi connectivity index (χ1v) is 9.60. The summed E-state index contributed by atoms with van der Waals surface area (Å²) in [6, 6.07) is 3.97. The Labute approximate surface area is 128 Å². The molecule has 0 aliphatic carbocycles. The van der Waals surface area contributed by atoms with Gasteiger partial charge in [0, 0.05) is 29.4 Å². The lowest BCUT2D eigenvalue weighted by molar-refractivity contribution is 0.0957. The number of hydrogen-bond acceptors (Lipinski definition) is 5. The van der Waals surface area contributed by atoms with E-state index < -0.39 is 10.8 Å². The molecule has 2 heterocycles. The van der Waals surface area contributed by atoms with E-state index in [0.717, 1.165) is 22.0 Å². The summed E-state index contributed by atoms with van der Waals surface area (Å²) in [6.45, 7) is 2.40. The van der Waals surface area contributed by atoms with Crippen molar-refractivity contribution in [2.24, 2.45) is 0 Å². The maximum atomic E-state index is 12.1. The van der Waals surface area contributed by atoms with E-state index in [2.05, 4.69) is 10.3 Å². The number of hydrogen-bond donors (Lipinski definition) is 1. The van der Waals surface area contributed by atoms with Gasteiger partial charge >= 0.3 is 0 Å². The van der Waals surface area contributed by atoms with Gasteiger partial charge in [-0.25, -0.2) is 4.98 Å². The van der Waals surface area contributed by atoms with Gasteiger partial charge in [0.25, 0.3) is 5.91 Å². The number of nitrogens with zero attached hydrogens (tertiary/aromatic N) is 1. The van der Waals surface area contributed by atoms with Gasteiger partial charge in [0.05, 0.1) is 10.6 Å². The Morgan fingerprint density at radius 2 is 2.30 bits per heavy atom. The summed E-state index contributed by atoms with van der Waals surface area (Å²) in [5.74, 6) is 0.521. The Kier molecular flexibility index (Phi) is 5.45. The summed E-state index contributed by atoms with van der Waals surface area (Å²) in [5.41, 5.74) is 0.759. The van der Waals surface area contributed by atoms with Gasteiger partial charge in [-0.1, -0.05) is 6.07 Å². The second-order valence-corrected chi connectivity index (χ2v) is 7.80.